The topological polar surface area (TPSA) is 98.0 Å². The van der Waals surface area contributed by atoms with Crippen LogP contribution in [-0.2, 0) is 6.61 Å². The first kappa shape index (κ1) is 10.2. The molecule has 0 atom stereocenters. The summed E-state index contributed by atoms with van der Waals surface area (Å²) in [5.41, 5.74) is 5.63. The van der Waals surface area contributed by atoms with Gasteiger partial charge in [0.15, 0.2) is 0 Å². The van der Waals surface area contributed by atoms with Gasteiger partial charge in [-0.25, -0.2) is 4.98 Å². The Kier molecular flexibility index (Phi) is 2.81. The van der Waals surface area contributed by atoms with Gasteiger partial charge in [-0.15, -0.1) is 0 Å². The molecule has 2 aromatic rings. The molecule has 3 N–H and O–H groups in total. The summed E-state index contributed by atoms with van der Waals surface area (Å²) in [6.45, 7) is 0.244. The summed E-state index contributed by atoms with van der Waals surface area (Å²) >= 11 is 0. The monoisotopic (exact) mass is 218 g/mol. The van der Waals surface area contributed by atoms with Crippen molar-refractivity contribution in [3.63, 3.8) is 0 Å². The van der Waals surface area contributed by atoms with E-state index in [2.05, 4.69) is 9.97 Å². The molecule has 0 fully saturated rings. The summed E-state index contributed by atoms with van der Waals surface area (Å²) in [4.78, 5) is 7.84. The molecule has 0 saturated carbocycles. The predicted molar refractivity (Wildman–Crippen MR) is 56.1 cm³/mol. The number of hydrogen-bond donors (Lipinski definition) is 2. The third-order valence-electron chi connectivity index (χ3n) is 1.83. The average molecular weight is 218 g/mol. The zero-order valence-corrected chi connectivity index (χ0v) is 8.38. The van der Waals surface area contributed by atoms with Gasteiger partial charge in [0.2, 0.25) is 0 Å². The van der Waals surface area contributed by atoms with Gasteiger partial charge in [-0.1, -0.05) is 0 Å². The van der Waals surface area contributed by atoms with Crippen LogP contribution in [0.1, 0.15) is 11.5 Å². The molecule has 2 heterocycles. The van der Waals surface area contributed by atoms with Crippen LogP contribution in [-0.4, -0.2) is 15.8 Å². The van der Waals surface area contributed by atoms with Gasteiger partial charge in [0.25, 0.3) is 0 Å². The lowest BCUT2D eigenvalue weighted by molar-refractivity contribution is 0.250. The van der Waals surface area contributed by atoms with E-state index in [1.165, 1.54) is 6.20 Å². The molecule has 0 radical (unpaired) electrons. The van der Waals surface area contributed by atoms with E-state index in [1.54, 1.807) is 24.5 Å². The van der Waals surface area contributed by atoms with Crippen molar-refractivity contribution < 1.29 is 9.15 Å². The second-order valence-electron chi connectivity index (χ2n) is 3.01. The smallest absolute Gasteiger partial charge is 0.317 e. The van der Waals surface area contributed by atoms with Crippen molar-refractivity contribution in [2.75, 3.05) is 0 Å². The fourth-order valence-corrected chi connectivity index (χ4v) is 1.09. The molecular weight excluding hydrogens is 208 g/mol. The SMILES string of the molecule is N=C(N)c1ccnc(OCc2ccco2)n1. The number of nitrogens with zero attached hydrogens (tertiary/aromatic N) is 2. The minimum Gasteiger partial charge on any atom is -0.466 e. The number of nitrogen functional groups attached to an aromatic ring is 1. The van der Waals surface area contributed by atoms with Crippen LogP contribution in [0.3, 0.4) is 0 Å². The van der Waals surface area contributed by atoms with E-state index < -0.39 is 0 Å². The summed E-state index contributed by atoms with van der Waals surface area (Å²) in [5.74, 6) is 0.557. The summed E-state index contributed by atoms with van der Waals surface area (Å²) in [6, 6.07) is 5.27. The van der Waals surface area contributed by atoms with Gasteiger partial charge < -0.3 is 14.9 Å². The zero-order valence-electron chi connectivity index (χ0n) is 8.38. The summed E-state index contributed by atoms with van der Waals surface area (Å²) < 4.78 is 10.4. The molecule has 0 bridgehead atoms. The summed E-state index contributed by atoms with van der Waals surface area (Å²) in [7, 11) is 0. The van der Waals surface area contributed by atoms with Crippen molar-refractivity contribution in [1.29, 1.82) is 5.41 Å². The molecule has 0 unspecified atom stereocenters. The van der Waals surface area contributed by atoms with Crippen LogP contribution in [0.25, 0.3) is 0 Å². The van der Waals surface area contributed by atoms with E-state index in [-0.39, 0.29) is 18.5 Å². The average Bonchev–Trinajstić information content (AvgIpc) is 2.79. The van der Waals surface area contributed by atoms with Gasteiger partial charge in [0, 0.05) is 6.20 Å². The molecule has 16 heavy (non-hydrogen) atoms. The van der Waals surface area contributed by atoms with Crippen LogP contribution in [0.2, 0.25) is 0 Å². The predicted octanol–water partition coefficient (Wildman–Crippen LogP) is 0.933. The molecule has 0 aromatic carbocycles. The van der Waals surface area contributed by atoms with Crippen molar-refractivity contribution >= 4 is 5.84 Å². The highest BCUT2D eigenvalue weighted by Crippen LogP contribution is 2.07. The molecule has 2 aromatic heterocycles. The fraction of sp³-hybridized carbons (Fsp3) is 0.100. The van der Waals surface area contributed by atoms with Gasteiger partial charge in [0.05, 0.1) is 6.26 Å². The van der Waals surface area contributed by atoms with E-state index in [0.29, 0.717) is 11.5 Å². The number of ether oxygens (including phenoxy) is 1. The number of rotatable bonds is 4. The first-order valence-corrected chi connectivity index (χ1v) is 4.58. The van der Waals surface area contributed by atoms with Crippen LogP contribution < -0.4 is 10.5 Å². The van der Waals surface area contributed by atoms with E-state index in [0.717, 1.165) is 0 Å². The Hall–Kier alpha value is -2.37. The molecule has 0 amide bonds. The number of nitrogens with two attached hydrogens (primary N) is 1. The van der Waals surface area contributed by atoms with Gasteiger partial charge in [0.1, 0.15) is 23.9 Å². The van der Waals surface area contributed by atoms with Crippen LogP contribution in [0.4, 0.5) is 0 Å². The quantitative estimate of drug-likeness (QED) is 0.587. The van der Waals surface area contributed by atoms with Gasteiger partial charge >= 0.3 is 6.01 Å². The van der Waals surface area contributed by atoms with Gasteiger partial charge in [-0.05, 0) is 18.2 Å². The normalized spacial score (nSPS) is 10.0. The summed E-state index contributed by atoms with van der Waals surface area (Å²) in [5, 5.41) is 7.22. The summed E-state index contributed by atoms with van der Waals surface area (Å²) in [6.07, 6.45) is 3.05. The highest BCUT2D eigenvalue weighted by Gasteiger charge is 2.03. The lowest BCUT2D eigenvalue weighted by Gasteiger charge is -2.03. The third-order valence-corrected chi connectivity index (χ3v) is 1.83. The standard InChI is InChI=1S/C10H10N4O2/c11-9(12)8-3-4-13-10(14-8)16-6-7-2-1-5-15-7/h1-5H,6H2,(H3,11,12). The van der Waals surface area contributed by atoms with Crippen molar-refractivity contribution in [3.8, 4) is 6.01 Å². The van der Waals surface area contributed by atoms with Crippen molar-refractivity contribution in [1.82, 2.24) is 9.97 Å². The van der Waals surface area contributed by atoms with E-state index in [9.17, 15) is 0 Å². The van der Waals surface area contributed by atoms with E-state index in [1.807, 2.05) is 0 Å². The van der Waals surface area contributed by atoms with Crippen LogP contribution >= 0.6 is 0 Å². The van der Waals surface area contributed by atoms with E-state index in [4.69, 9.17) is 20.3 Å². The number of furan rings is 1. The second kappa shape index (κ2) is 4.43. The number of nitrogens with one attached hydrogen (secondary N) is 1. The molecule has 82 valence electrons. The Labute approximate surface area is 91.6 Å². The van der Waals surface area contributed by atoms with Crippen molar-refractivity contribution in [3.05, 3.63) is 42.1 Å². The lowest BCUT2D eigenvalue weighted by Crippen LogP contribution is -2.14. The van der Waals surface area contributed by atoms with E-state index >= 15 is 0 Å². The van der Waals surface area contributed by atoms with Crippen LogP contribution in [0.15, 0.2) is 35.1 Å². The lowest BCUT2D eigenvalue weighted by atomic mass is 10.4. The zero-order chi connectivity index (χ0) is 11.4. The molecule has 6 nitrogen and oxygen atoms in total. The van der Waals surface area contributed by atoms with Gasteiger partial charge in [-0.2, -0.15) is 4.98 Å². The minimum atomic E-state index is -0.120. The molecule has 0 aliphatic heterocycles. The fourth-order valence-electron chi connectivity index (χ4n) is 1.09. The Balaban J connectivity index is 2.04. The molecule has 2 rings (SSSR count). The highest BCUT2D eigenvalue weighted by atomic mass is 16.5. The molecule has 0 spiro atoms. The molecule has 0 aliphatic rings. The van der Waals surface area contributed by atoms with Crippen LogP contribution in [0.5, 0.6) is 6.01 Å². The molecular formula is C10H10N4O2. The molecule has 0 saturated heterocycles. The largest absolute Gasteiger partial charge is 0.466 e. The Bertz CT molecular complexity index is 481. The number of amidine groups is 1. The Morgan fingerprint density at radius 3 is 3.06 bits per heavy atom. The van der Waals surface area contributed by atoms with Crippen molar-refractivity contribution in [2.45, 2.75) is 6.61 Å². The number of hydrogen-bond acceptors (Lipinski definition) is 5. The minimum absolute atomic E-state index is 0.120. The first-order chi connectivity index (χ1) is 7.75. The Morgan fingerprint density at radius 1 is 1.50 bits per heavy atom. The maximum atomic E-state index is 7.22. The molecule has 6 heteroatoms. The maximum Gasteiger partial charge on any atom is 0.317 e. The van der Waals surface area contributed by atoms with Gasteiger partial charge in [-0.3, -0.25) is 5.41 Å². The Morgan fingerprint density at radius 2 is 2.38 bits per heavy atom. The highest BCUT2D eigenvalue weighted by molar-refractivity contribution is 5.92. The second-order valence-corrected chi connectivity index (χ2v) is 3.01. The first-order valence-electron chi connectivity index (χ1n) is 4.58. The number of aromatic nitrogens is 2. The van der Waals surface area contributed by atoms with Crippen LogP contribution in [0, 0.1) is 5.41 Å². The maximum absolute atomic E-state index is 7.22. The third kappa shape index (κ3) is 2.35. The van der Waals surface area contributed by atoms with Crippen molar-refractivity contribution in [2.24, 2.45) is 5.73 Å². The molecule has 0 aliphatic carbocycles.